The SMILES string of the molecule is CC(=O)c1ccc(NC(=O)[C@H](C)N(C)Cc2cccc(Cl)c2)cc1. The molecule has 1 atom stereocenters. The third-order valence-corrected chi connectivity index (χ3v) is 4.16. The number of halogens is 1. The van der Waals surface area contributed by atoms with Gasteiger partial charge in [0, 0.05) is 22.8 Å². The summed E-state index contributed by atoms with van der Waals surface area (Å²) in [5, 5.41) is 3.55. The summed E-state index contributed by atoms with van der Waals surface area (Å²) in [7, 11) is 1.89. The topological polar surface area (TPSA) is 49.4 Å². The average Bonchev–Trinajstić information content (AvgIpc) is 2.54. The Morgan fingerprint density at radius 2 is 1.83 bits per heavy atom. The van der Waals surface area contributed by atoms with Gasteiger partial charge in [-0.15, -0.1) is 0 Å². The van der Waals surface area contributed by atoms with Crippen molar-refractivity contribution < 1.29 is 9.59 Å². The van der Waals surface area contributed by atoms with Gasteiger partial charge in [-0.3, -0.25) is 14.5 Å². The molecule has 0 aliphatic carbocycles. The number of likely N-dealkylation sites (N-methyl/N-ethyl adjacent to an activating group) is 1. The average molecular weight is 345 g/mol. The van der Waals surface area contributed by atoms with Crippen LogP contribution in [0.4, 0.5) is 5.69 Å². The summed E-state index contributed by atoms with van der Waals surface area (Å²) < 4.78 is 0. The molecule has 0 aromatic heterocycles. The lowest BCUT2D eigenvalue weighted by molar-refractivity contribution is -0.120. The van der Waals surface area contributed by atoms with E-state index in [2.05, 4.69) is 5.32 Å². The van der Waals surface area contributed by atoms with Crippen LogP contribution in [0.1, 0.15) is 29.8 Å². The monoisotopic (exact) mass is 344 g/mol. The second-order valence-electron chi connectivity index (χ2n) is 5.84. The number of amides is 1. The zero-order valence-electron chi connectivity index (χ0n) is 14.0. The zero-order chi connectivity index (χ0) is 17.7. The molecule has 126 valence electrons. The van der Waals surface area contributed by atoms with Crippen LogP contribution in [-0.2, 0) is 11.3 Å². The molecule has 0 unspecified atom stereocenters. The molecular formula is C19H21ClN2O2. The van der Waals surface area contributed by atoms with Gasteiger partial charge >= 0.3 is 0 Å². The molecule has 0 spiro atoms. The Balaban J connectivity index is 1.96. The summed E-state index contributed by atoms with van der Waals surface area (Å²) in [6, 6.07) is 14.2. The molecule has 0 bridgehead atoms. The number of anilines is 1. The first-order valence-corrected chi connectivity index (χ1v) is 8.11. The highest BCUT2D eigenvalue weighted by atomic mass is 35.5. The number of Topliss-reactive ketones (excluding diaryl/α,β-unsaturated/α-hetero) is 1. The van der Waals surface area contributed by atoms with Gasteiger partial charge in [0.25, 0.3) is 0 Å². The lowest BCUT2D eigenvalue weighted by Gasteiger charge is -2.24. The maximum Gasteiger partial charge on any atom is 0.241 e. The van der Waals surface area contributed by atoms with E-state index in [1.54, 1.807) is 24.3 Å². The van der Waals surface area contributed by atoms with Gasteiger partial charge in [0.1, 0.15) is 0 Å². The molecule has 1 amide bonds. The van der Waals surface area contributed by atoms with E-state index in [0.29, 0.717) is 22.8 Å². The van der Waals surface area contributed by atoms with Crippen LogP contribution >= 0.6 is 11.6 Å². The van der Waals surface area contributed by atoms with E-state index in [-0.39, 0.29) is 17.7 Å². The highest BCUT2D eigenvalue weighted by Gasteiger charge is 2.18. The summed E-state index contributed by atoms with van der Waals surface area (Å²) in [6.07, 6.45) is 0. The molecule has 0 aliphatic heterocycles. The minimum atomic E-state index is -0.309. The van der Waals surface area contributed by atoms with Crippen molar-refractivity contribution in [1.29, 1.82) is 0 Å². The van der Waals surface area contributed by atoms with Crippen molar-refractivity contribution in [3.8, 4) is 0 Å². The molecule has 2 aromatic rings. The van der Waals surface area contributed by atoms with Crippen molar-refractivity contribution in [3.63, 3.8) is 0 Å². The summed E-state index contributed by atoms with van der Waals surface area (Å²) in [4.78, 5) is 25.6. The van der Waals surface area contributed by atoms with Crippen molar-refractivity contribution in [2.24, 2.45) is 0 Å². The second kappa shape index (κ2) is 8.08. The lowest BCUT2D eigenvalue weighted by Crippen LogP contribution is -2.39. The number of benzene rings is 2. The molecule has 0 heterocycles. The number of hydrogen-bond donors (Lipinski definition) is 1. The number of carbonyl (C=O) groups is 2. The third-order valence-electron chi connectivity index (χ3n) is 3.92. The first-order chi connectivity index (χ1) is 11.4. The van der Waals surface area contributed by atoms with Gasteiger partial charge in [-0.1, -0.05) is 23.7 Å². The van der Waals surface area contributed by atoms with E-state index in [0.717, 1.165) is 5.56 Å². The molecule has 0 saturated carbocycles. The summed E-state index contributed by atoms with van der Waals surface area (Å²) in [6.45, 7) is 3.99. The minimum Gasteiger partial charge on any atom is -0.325 e. The second-order valence-corrected chi connectivity index (χ2v) is 6.28. The van der Waals surface area contributed by atoms with Gasteiger partial charge in [-0.2, -0.15) is 0 Å². The molecule has 5 heteroatoms. The molecule has 2 aromatic carbocycles. The minimum absolute atomic E-state index is 0.00231. The van der Waals surface area contributed by atoms with Gasteiger partial charge in [0.05, 0.1) is 6.04 Å². The predicted octanol–water partition coefficient (Wildman–Crippen LogP) is 4.00. The van der Waals surface area contributed by atoms with Gasteiger partial charge in [0.2, 0.25) is 5.91 Å². The molecule has 0 saturated heterocycles. The van der Waals surface area contributed by atoms with Crippen LogP contribution in [0.3, 0.4) is 0 Å². The summed E-state index contributed by atoms with van der Waals surface area (Å²) in [5.41, 5.74) is 2.35. The number of carbonyl (C=O) groups excluding carboxylic acids is 2. The highest BCUT2D eigenvalue weighted by molar-refractivity contribution is 6.30. The van der Waals surface area contributed by atoms with Crippen LogP contribution in [0.2, 0.25) is 5.02 Å². The largest absolute Gasteiger partial charge is 0.325 e. The molecule has 0 radical (unpaired) electrons. The summed E-state index contributed by atoms with van der Waals surface area (Å²) in [5.74, 6) is -0.0994. The van der Waals surface area contributed by atoms with Gasteiger partial charge in [-0.05, 0) is 62.9 Å². The van der Waals surface area contributed by atoms with Crippen molar-refractivity contribution in [1.82, 2.24) is 4.90 Å². The van der Waals surface area contributed by atoms with Gasteiger partial charge in [-0.25, -0.2) is 0 Å². The Bertz CT molecular complexity index is 728. The Morgan fingerprint density at radius 1 is 1.17 bits per heavy atom. The zero-order valence-corrected chi connectivity index (χ0v) is 14.8. The number of rotatable bonds is 6. The van der Waals surface area contributed by atoms with Crippen molar-refractivity contribution >= 4 is 29.0 Å². The van der Waals surface area contributed by atoms with Crippen LogP contribution in [0.5, 0.6) is 0 Å². The van der Waals surface area contributed by atoms with Crippen molar-refractivity contribution in [3.05, 3.63) is 64.7 Å². The first-order valence-electron chi connectivity index (χ1n) is 7.73. The van der Waals surface area contributed by atoms with E-state index in [4.69, 9.17) is 11.6 Å². The predicted molar refractivity (Wildman–Crippen MR) is 97.5 cm³/mol. The van der Waals surface area contributed by atoms with Gasteiger partial charge < -0.3 is 5.32 Å². The third kappa shape index (κ3) is 4.91. The quantitative estimate of drug-likeness (QED) is 0.806. The van der Waals surface area contributed by atoms with Crippen LogP contribution < -0.4 is 5.32 Å². The number of hydrogen-bond acceptors (Lipinski definition) is 3. The number of nitrogens with one attached hydrogen (secondary N) is 1. The van der Waals surface area contributed by atoms with E-state index in [1.165, 1.54) is 6.92 Å². The fourth-order valence-corrected chi connectivity index (χ4v) is 2.51. The van der Waals surface area contributed by atoms with E-state index >= 15 is 0 Å². The molecule has 2 rings (SSSR count). The van der Waals surface area contributed by atoms with E-state index < -0.39 is 0 Å². The Morgan fingerprint density at radius 3 is 2.42 bits per heavy atom. The van der Waals surface area contributed by atoms with Crippen LogP contribution in [0.15, 0.2) is 48.5 Å². The lowest BCUT2D eigenvalue weighted by atomic mass is 10.1. The normalized spacial score (nSPS) is 12.0. The highest BCUT2D eigenvalue weighted by Crippen LogP contribution is 2.15. The van der Waals surface area contributed by atoms with E-state index in [1.807, 2.05) is 43.1 Å². The Labute approximate surface area is 147 Å². The maximum atomic E-state index is 12.4. The van der Waals surface area contributed by atoms with Gasteiger partial charge in [0.15, 0.2) is 5.78 Å². The fourth-order valence-electron chi connectivity index (χ4n) is 2.30. The van der Waals surface area contributed by atoms with Crippen molar-refractivity contribution in [2.75, 3.05) is 12.4 Å². The number of nitrogens with zero attached hydrogens (tertiary/aromatic N) is 1. The molecule has 24 heavy (non-hydrogen) atoms. The fraction of sp³-hybridized carbons (Fsp3) is 0.263. The first kappa shape index (κ1) is 18.2. The Kier molecular flexibility index (Phi) is 6.12. The Hall–Kier alpha value is -2.17. The van der Waals surface area contributed by atoms with E-state index in [9.17, 15) is 9.59 Å². The standard InChI is InChI=1S/C19H21ClN2O2/c1-13(22(3)12-15-5-4-6-17(20)11-15)19(24)21-18-9-7-16(8-10-18)14(2)23/h4-11,13H,12H2,1-3H3,(H,21,24)/t13-/m0/s1. The molecular weight excluding hydrogens is 324 g/mol. The molecule has 4 nitrogen and oxygen atoms in total. The smallest absolute Gasteiger partial charge is 0.241 e. The van der Waals surface area contributed by atoms with Crippen LogP contribution in [0.25, 0.3) is 0 Å². The van der Waals surface area contributed by atoms with Crippen LogP contribution in [0, 0.1) is 0 Å². The number of ketones is 1. The van der Waals surface area contributed by atoms with Crippen LogP contribution in [-0.4, -0.2) is 29.7 Å². The summed E-state index contributed by atoms with van der Waals surface area (Å²) >= 11 is 5.99. The van der Waals surface area contributed by atoms with Crippen molar-refractivity contribution in [2.45, 2.75) is 26.4 Å². The molecule has 0 aliphatic rings. The molecule has 0 fully saturated rings. The maximum absolute atomic E-state index is 12.4. The molecule has 1 N–H and O–H groups in total.